The van der Waals surface area contributed by atoms with Gasteiger partial charge in [0.25, 0.3) is 5.91 Å². The summed E-state index contributed by atoms with van der Waals surface area (Å²) in [5.74, 6) is -1.41. The highest BCUT2D eigenvalue weighted by atomic mass is 16.6. The van der Waals surface area contributed by atoms with Gasteiger partial charge in [0.15, 0.2) is 5.58 Å². The van der Waals surface area contributed by atoms with Crippen LogP contribution in [-0.2, 0) is 14.3 Å². The second-order valence-corrected chi connectivity index (χ2v) is 7.33. The summed E-state index contributed by atoms with van der Waals surface area (Å²) in [7, 11) is 1.53. The first-order valence-electron chi connectivity index (χ1n) is 10.3. The van der Waals surface area contributed by atoms with Gasteiger partial charge in [0.05, 0.1) is 12.6 Å². The van der Waals surface area contributed by atoms with Crippen LogP contribution in [0.2, 0.25) is 0 Å². The van der Waals surface area contributed by atoms with E-state index in [0.717, 1.165) is 0 Å². The van der Waals surface area contributed by atoms with E-state index in [1.54, 1.807) is 78.9 Å². The van der Waals surface area contributed by atoms with Crippen LogP contribution in [0.25, 0.3) is 11.1 Å². The number of esters is 1. The van der Waals surface area contributed by atoms with Crippen molar-refractivity contribution in [2.75, 3.05) is 12.4 Å². The van der Waals surface area contributed by atoms with Gasteiger partial charge >= 0.3 is 11.7 Å². The fourth-order valence-electron chi connectivity index (χ4n) is 3.48. The van der Waals surface area contributed by atoms with Crippen molar-refractivity contribution in [1.82, 2.24) is 4.57 Å². The Morgan fingerprint density at radius 3 is 2.45 bits per heavy atom. The molecular weight excluding hydrogens is 424 g/mol. The van der Waals surface area contributed by atoms with Gasteiger partial charge in [-0.15, -0.1) is 0 Å². The zero-order valence-corrected chi connectivity index (χ0v) is 18.1. The molecule has 0 radical (unpaired) electrons. The SMILES string of the molecule is COc1cccc(NC(=O)[C@@H](OC(=O)[C@@H](C)n2c(=O)oc3ccccc32)c2ccccc2)c1. The molecule has 0 unspecified atom stereocenters. The fourth-order valence-corrected chi connectivity index (χ4v) is 3.48. The minimum atomic E-state index is -1.23. The molecule has 2 atom stereocenters. The number of rotatable bonds is 7. The van der Waals surface area contributed by atoms with E-state index in [-0.39, 0.29) is 0 Å². The van der Waals surface area contributed by atoms with E-state index in [4.69, 9.17) is 13.9 Å². The molecule has 1 amide bonds. The van der Waals surface area contributed by atoms with Crippen LogP contribution >= 0.6 is 0 Å². The van der Waals surface area contributed by atoms with Gasteiger partial charge in [-0.3, -0.25) is 9.36 Å². The summed E-state index contributed by atoms with van der Waals surface area (Å²) in [5.41, 5.74) is 1.80. The van der Waals surface area contributed by atoms with Crippen molar-refractivity contribution in [3.8, 4) is 5.75 Å². The van der Waals surface area contributed by atoms with Gasteiger partial charge in [0, 0.05) is 17.3 Å². The number of benzene rings is 3. The number of fused-ring (bicyclic) bond motifs is 1. The first-order valence-corrected chi connectivity index (χ1v) is 10.3. The van der Waals surface area contributed by atoms with Crippen LogP contribution in [0.4, 0.5) is 5.69 Å². The summed E-state index contributed by atoms with van der Waals surface area (Å²) in [5, 5.41) is 2.75. The number of carbonyl (C=O) groups is 2. The summed E-state index contributed by atoms with van der Waals surface area (Å²) in [6.45, 7) is 1.52. The van der Waals surface area contributed by atoms with Gasteiger partial charge in [-0.25, -0.2) is 9.59 Å². The second kappa shape index (κ2) is 9.44. The molecule has 0 saturated heterocycles. The predicted octanol–water partition coefficient (Wildman–Crippen LogP) is 4.09. The Bertz CT molecular complexity index is 1340. The van der Waals surface area contributed by atoms with Gasteiger partial charge in [-0.2, -0.15) is 0 Å². The van der Waals surface area contributed by atoms with E-state index >= 15 is 0 Å². The molecule has 1 N–H and O–H groups in total. The zero-order chi connectivity index (χ0) is 23.4. The molecule has 4 aromatic rings. The molecule has 168 valence electrons. The van der Waals surface area contributed by atoms with E-state index < -0.39 is 29.8 Å². The maximum atomic E-state index is 13.1. The molecule has 4 rings (SSSR count). The molecule has 33 heavy (non-hydrogen) atoms. The van der Waals surface area contributed by atoms with Crippen molar-refractivity contribution in [1.29, 1.82) is 0 Å². The number of ether oxygens (including phenoxy) is 2. The largest absolute Gasteiger partial charge is 0.497 e. The molecule has 1 heterocycles. The number of amides is 1. The van der Waals surface area contributed by atoms with E-state index in [9.17, 15) is 14.4 Å². The molecule has 0 aliphatic heterocycles. The van der Waals surface area contributed by atoms with Crippen molar-refractivity contribution in [3.63, 3.8) is 0 Å². The van der Waals surface area contributed by atoms with Gasteiger partial charge in [-0.1, -0.05) is 48.5 Å². The third-order valence-corrected chi connectivity index (χ3v) is 5.16. The van der Waals surface area contributed by atoms with Gasteiger partial charge in [0.1, 0.15) is 11.8 Å². The van der Waals surface area contributed by atoms with Crippen molar-refractivity contribution >= 4 is 28.7 Å². The fraction of sp³-hybridized carbons (Fsp3) is 0.160. The van der Waals surface area contributed by atoms with Crippen LogP contribution in [0, 0.1) is 0 Å². The summed E-state index contributed by atoms with van der Waals surface area (Å²) >= 11 is 0. The molecule has 0 saturated carbocycles. The Hall–Kier alpha value is -4.33. The van der Waals surface area contributed by atoms with Crippen molar-refractivity contribution in [2.24, 2.45) is 0 Å². The number of para-hydroxylation sites is 2. The van der Waals surface area contributed by atoms with Crippen molar-refractivity contribution < 1.29 is 23.5 Å². The Morgan fingerprint density at radius 2 is 1.70 bits per heavy atom. The number of nitrogens with zero attached hydrogens (tertiary/aromatic N) is 1. The zero-order valence-electron chi connectivity index (χ0n) is 18.1. The van der Waals surface area contributed by atoms with Crippen molar-refractivity contribution in [2.45, 2.75) is 19.1 Å². The normalized spacial score (nSPS) is 12.7. The molecule has 0 aliphatic rings. The van der Waals surface area contributed by atoms with Crippen LogP contribution in [0.15, 0.2) is 88.1 Å². The Morgan fingerprint density at radius 1 is 0.970 bits per heavy atom. The van der Waals surface area contributed by atoms with Crippen LogP contribution in [0.1, 0.15) is 24.6 Å². The minimum Gasteiger partial charge on any atom is -0.497 e. The number of aromatic nitrogens is 1. The summed E-state index contributed by atoms with van der Waals surface area (Å²) in [6.07, 6.45) is -1.23. The molecule has 0 bridgehead atoms. The lowest BCUT2D eigenvalue weighted by Crippen LogP contribution is -2.31. The maximum absolute atomic E-state index is 13.1. The van der Waals surface area contributed by atoms with Crippen LogP contribution in [0.3, 0.4) is 0 Å². The summed E-state index contributed by atoms with van der Waals surface area (Å²) in [4.78, 5) is 38.5. The third-order valence-electron chi connectivity index (χ3n) is 5.16. The number of carbonyl (C=O) groups excluding carboxylic acids is 2. The smallest absolute Gasteiger partial charge is 0.420 e. The van der Waals surface area contributed by atoms with Gasteiger partial charge in [-0.05, 0) is 31.2 Å². The molecule has 8 nitrogen and oxygen atoms in total. The Labute approximate surface area is 189 Å². The van der Waals surface area contributed by atoms with Gasteiger partial charge < -0.3 is 19.2 Å². The van der Waals surface area contributed by atoms with Crippen LogP contribution < -0.4 is 15.8 Å². The monoisotopic (exact) mass is 446 g/mol. The topological polar surface area (TPSA) is 99.8 Å². The number of hydrogen-bond donors (Lipinski definition) is 1. The number of oxazole rings is 1. The molecular formula is C25H22N2O6. The maximum Gasteiger partial charge on any atom is 0.420 e. The quantitative estimate of drug-likeness (QED) is 0.429. The lowest BCUT2D eigenvalue weighted by atomic mass is 10.1. The number of anilines is 1. The number of nitrogens with one attached hydrogen (secondary N) is 1. The van der Waals surface area contributed by atoms with E-state index in [1.807, 2.05) is 0 Å². The van der Waals surface area contributed by atoms with Crippen LogP contribution in [-0.4, -0.2) is 23.6 Å². The molecule has 0 aliphatic carbocycles. The molecule has 8 heteroatoms. The first-order chi connectivity index (χ1) is 16.0. The number of hydrogen-bond acceptors (Lipinski definition) is 6. The highest BCUT2D eigenvalue weighted by Gasteiger charge is 2.30. The number of methoxy groups -OCH3 is 1. The molecule has 3 aromatic carbocycles. The average molecular weight is 446 g/mol. The van der Waals surface area contributed by atoms with Crippen LogP contribution in [0.5, 0.6) is 5.75 Å². The Kier molecular flexibility index (Phi) is 6.26. The summed E-state index contributed by atoms with van der Waals surface area (Å²) < 4.78 is 17.2. The molecule has 1 aromatic heterocycles. The Balaban J connectivity index is 1.61. The average Bonchev–Trinajstić information content (AvgIpc) is 3.18. The third kappa shape index (κ3) is 4.64. The van der Waals surface area contributed by atoms with E-state index in [0.29, 0.717) is 28.1 Å². The lowest BCUT2D eigenvalue weighted by molar-refractivity contribution is -0.157. The van der Waals surface area contributed by atoms with E-state index in [1.165, 1.54) is 18.6 Å². The standard InChI is InChI=1S/C25H22N2O6/c1-16(27-20-13-6-7-14-21(20)32-25(27)30)24(29)33-22(17-9-4-3-5-10-17)23(28)26-18-11-8-12-19(15-18)31-2/h3-16,22H,1-2H3,(H,26,28)/t16-,22+/m1/s1. The second-order valence-electron chi connectivity index (χ2n) is 7.33. The molecule has 0 spiro atoms. The lowest BCUT2D eigenvalue weighted by Gasteiger charge is -2.20. The molecule has 0 fully saturated rings. The minimum absolute atomic E-state index is 0.359. The highest BCUT2D eigenvalue weighted by molar-refractivity contribution is 5.96. The first kappa shape index (κ1) is 21.9. The predicted molar refractivity (Wildman–Crippen MR) is 122 cm³/mol. The highest BCUT2D eigenvalue weighted by Crippen LogP contribution is 2.25. The van der Waals surface area contributed by atoms with Crippen molar-refractivity contribution in [3.05, 3.63) is 95.0 Å². The van der Waals surface area contributed by atoms with Gasteiger partial charge in [0.2, 0.25) is 6.10 Å². The summed E-state index contributed by atoms with van der Waals surface area (Å²) in [6, 6.07) is 21.3. The van der Waals surface area contributed by atoms with E-state index in [2.05, 4.69) is 5.32 Å².